The lowest BCUT2D eigenvalue weighted by molar-refractivity contribution is 0.104. The van der Waals surface area contributed by atoms with E-state index in [1.165, 1.54) is 0 Å². The van der Waals surface area contributed by atoms with Gasteiger partial charge in [-0.1, -0.05) is 18.2 Å². The van der Waals surface area contributed by atoms with Crippen molar-refractivity contribution in [2.45, 2.75) is 0 Å². The van der Waals surface area contributed by atoms with Gasteiger partial charge in [-0.05, 0) is 12.1 Å². The Labute approximate surface area is 94.4 Å². The van der Waals surface area contributed by atoms with Gasteiger partial charge < -0.3 is 9.88 Å². The molecule has 1 aromatic carbocycles. The molecular formula is C13H14N2O. The number of para-hydroxylation sites is 1. The minimum absolute atomic E-state index is 0.00935. The molecule has 0 atom stereocenters. The zero-order chi connectivity index (χ0) is 11.5. The number of carbonyl (C=O) groups excluding carboxylic acids is 1. The molecule has 0 bridgehead atoms. The smallest absolute Gasteiger partial charge is 0.203 e. The number of ketones is 1. The van der Waals surface area contributed by atoms with Gasteiger partial charge in [0.1, 0.15) is 0 Å². The van der Waals surface area contributed by atoms with Crippen molar-refractivity contribution in [2.75, 3.05) is 14.1 Å². The first-order valence-electron chi connectivity index (χ1n) is 5.13. The topological polar surface area (TPSA) is 36.1 Å². The first-order chi connectivity index (χ1) is 7.66. The van der Waals surface area contributed by atoms with Gasteiger partial charge in [-0.25, -0.2) is 0 Å². The summed E-state index contributed by atoms with van der Waals surface area (Å²) in [7, 11) is 3.77. The van der Waals surface area contributed by atoms with E-state index in [1.807, 2.05) is 49.3 Å². The maximum atomic E-state index is 11.8. The van der Waals surface area contributed by atoms with Gasteiger partial charge in [0.25, 0.3) is 0 Å². The molecule has 0 aliphatic heterocycles. The van der Waals surface area contributed by atoms with Gasteiger partial charge in [0.15, 0.2) is 0 Å². The zero-order valence-electron chi connectivity index (χ0n) is 9.40. The van der Waals surface area contributed by atoms with Crippen molar-refractivity contribution >= 4 is 16.7 Å². The molecule has 82 valence electrons. The largest absolute Gasteiger partial charge is 0.383 e. The lowest BCUT2D eigenvalue weighted by atomic mass is 10.2. The van der Waals surface area contributed by atoms with Crippen LogP contribution in [0.5, 0.6) is 0 Å². The molecule has 16 heavy (non-hydrogen) atoms. The van der Waals surface area contributed by atoms with Crippen molar-refractivity contribution in [3.63, 3.8) is 0 Å². The Bertz CT molecular complexity index is 505. The summed E-state index contributed by atoms with van der Waals surface area (Å²) in [5.41, 5.74) is 1.61. The Morgan fingerprint density at radius 2 is 2.06 bits per heavy atom. The number of allylic oxidation sites excluding steroid dienone is 1. The van der Waals surface area contributed by atoms with Crippen LogP contribution in [-0.2, 0) is 0 Å². The minimum Gasteiger partial charge on any atom is -0.383 e. The first kappa shape index (κ1) is 10.5. The maximum Gasteiger partial charge on any atom is 0.203 e. The van der Waals surface area contributed by atoms with Crippen LogP contribution in [0.2, 0.25) is 0 Å². The van der Waals surface area contributed by atoms with Crippen LogP contribution in [0, 0.1) is 0 Å². The second kappa shape index (κ2) is 4.23. The van der Waals surface area contributed by atoms with Gasteiger partial charge >= 0.3 is 0 Å². The lowest BCUT2D eigenvalue weighted by Gasteiger charge is -2.01. The maximum absolute atomic E-state index is 11.8. The molecule has 3 nitrogen and oxygen atoms in total. The molecule has 1 aromatic heterocycles. The number of rotatable bonds is 3. The number of aromatic nitrogens is 1. The van der Waals surface area contributed by atoms with Crippen LogP contribution in [0.3, 0.4) is 0 Å². The van der Waals surface area contributed by atoms with Crippen molar-refractivity contribution in [1.82, 2.24) is 9.88 Å². The molecule has 2 aromatic rings. The molecule has 0 saturated heterocycles. The van der Waals surface area contributed by atoms with Crippen LogP contribution >= 0.6 is 0 Å². The highest BCUT2D eigenvalue weighted by Crippen LogP contribution is 2.15. The molecule has 2 rings (SSSR count). The molecule has 0 radical (unpaired) electrons. The molecule has 1 heterocycles. The highest BCUT2D eigenvalue weighted by molar-refractivity contribution is 6.06. The van der Waals surface area contributed by atoms with Crippen LogP contribution < -0.4 is 0 Å². The Kier molecular flexibility index (Phi) is 2.77. The highest BCUT2D eigenvalue weighted by atomic mass is 16.1. The third-order valence-corrected chi connectivity index (χ3v) is 2.32. The second-order valence-corrected chi connectivity index (χ2v) is 3.91. The number of hydrogen-bond acceptors (Lipinski definition) is 2. The average Bonchev–Trinajstić information content (AvgIpc) is 2.69. The van der Waals surface area contributed by atoms with Crippen molar-refractivity contribution < 1.29 is 4.79 Å². The minimum atomic E-state index is -0.00935. The summed E-state index contributed by atoms with van der Waals surface area (Å²) in [5.74, 6) is -0.00935. The summed E-state index contributed by atoms with van der Waals surface area (Å²) < 4.78 is 0. The number of H-pyrrole nitrogens is 1. The van der Waals surface area contributed by atoms with Crippen molar-refractivity contribution in [1.29, 1.82) is 0 Å². The number of fused-ring (bicyclic) bond motifs is 1. The Morgan fingerprint density at radius 3 is 2.75 bits per heavy atom. The third-order valence-electron chi connectivity index (χ3n) is 2.32. The third kappa shape index (κ3) is 2.14. The Balaban J connectivity index is 2.30. The van der Waals surface area contributed by atoms with E-state index in [0.717, 1.165) is 10.9 Å². The number of benzene rings is 1. The Morgan fingerprint density at radius 1 is 1.31 bits per heavy atom. The second-order valence-electron chi connectivity index (χ2n) is 3.91. The number of nitrogens with zero attached hydrogens (tertiary/aromatic N) is 1. The van der Waals surface area contributed by atoms with Gasteiger partial charge in [0.05, 0.1) is 5.69 Å². The van der Waals surface area contributed by atoms with E-state index in [9.17, 15) is 4.79 Å². The fraction of sp³-hybridized carbons (Fsp3) is 0.154. The first-order valence-corrected chi connectivity index (χ1v) is 5.13. The lowest BCUT2D eigenvalue weighted by Crippen LogP contribution is -2.03. The van der Waals surface area contributed by atoms with Gasteiger partial charge in [0, 0.05) is 37.3 Å². The molecule has 0 spiro atoms. The zero-order valence-corrected chi connectivity index (χ0v) is 9.40. The average molecular weight is 214 g/mol. The van der Waals surface area contributed by atoms with E-state index >= 15 is 0 Å². The fourth-order valence-corrected chi connectivity index (χ4v) is 1.51. The SMILES string of the molecule is CN(C)/C=C/C(=O)c1cc2ccccc2[nH]1. The van der Waals surface area contributed by atoms with E-state index in [2.05, 4.69) is 4.98 Å². The van der Waals surface area contributed by atoms with Crippen molar-refractivity contribution in [3.8, 4) is 0 Å². The monoisotopic (exact) mass is 214 g/mol. The molecule has 1 N–H and O–H groups in total. The van der Waals surface area contributed by atoms with Crippen molar-refractivity contribution in [2.24, 2.45) is 0 Å². The van der Waals surface area contributed by atoms with E-state index in [-0.39, 0.29) is 5.78 Å². The summed E-state index contributed by atoms with van der Waals surface area (Å²) in [6.45, 7) is 0. The Hall–Kier alpha value is -2.03. The predicted molar refractivity (Wildman–Crippen MR) is 65.5 cm³/mol. The summed E-state index contributed by atoms with van der Waals surface area (Å²) in [5, 5.41) is 1.06. The van der Waals surface area contributed by atoms with E-state index < -0.39 is 0 Å². The van der Waals surface area contributed by atoms with Gasteiger partial charge in [-0.15, -0.1) is 0 Å². The molecule has 0 aliphatic rings. The van der Waals surface area contributed by atoms with Gasteiger partial charge in [-0.2, -0.15) is 0 Å². The van der Waals surface area contributed by atoms with Crippen LogP contribution in [0.4, 0.5) is 0 Å². The number of hydrogen-bond donors (Lipinski definition) is 1. The fourth-order valence-electron chi connectivity index (χ4n) is 1.51. The van der Waals surface area contributed by atoms with Crippen LogP contribution in [0.25, 0.3) is 10.9 Å². The molecular weight excluding hydrogens is 200 g/mol. The molecule has 0 saturated carbocycles. The summed E-state index contributed by atoms with van der Waals surface area (Å²) >= 11 is 0. The van der Waals surface area contributed by atoms with Crippen LogP contribution in [0.1, 0.15) is 10.5 Å². The predicted octanol–water partition coefficient (Wildman–Crippen LogP) is 2.43. The molecule has 0 unspecified atom stereocenters. The van der Waals surface area contributed by atoms with E-state index in [0.29, 0.717) is 5.69 Å². The van der Waals surface area contributed by atoms with E-state index in [1.54, 1.807) is 12.3 Å². The molecule has 3 heteroatoms. The molecule has 0 fully saturated rings. The number of carbonyl (C=O) groups is 1. The standard InChI is InChI=1S/C13H14N2O/c1-15(2)8-7-13(16)12-9-10-5-3-4-6-11(10)14-12/h3-9,14H,1-2H3/b8-7+. The quantitative estimate of drug-likeness (QED) is 0.629. The summed E-state index contributed by atoms with van der Waals surface area (Å²) in [4.78, 5) is 16.7. The molecule has 0 amide bonds. The summed E-state index contributed by atoms with van der Waals surface area (Å²) in [6.07, 6.45) is 3.30. The number of nitrogens with one attached hydrogen (secondary N) is 1. The highest BCUT2D eigenvalue weighted by Gasteiger charge is 2.05. The normalized spacial score (nSPS) is 11.1. The van der Waals surface area contributed by atoms with Crippen LogP contribution in [-0.4, -0.2) is 29.8 Å². The van der Waals surface area contributed by atoms with Crippen molar-refractivity contribution in [3.05, 3.63) is 48.3 Å². The number of aromatic amines is 1. The van der Waals surface area contributed by atoms with E-state index in [4.69, 9.17) is 0 Å². The molecule has 0 aliphatic carbocycles. The van der Waals surface area contributed by atoms with Crippen LogP contribution in [0.15, 0.2) is 42.6 Å². The summed E-state index contributed by atoms with van der Waals surface area (Å²) in [6, 6.07) is 9.72. The van der Waals surface area contributed by atoms with Gasteiger partial charge in [-0.3, -0.25) is 4.79 Å². The van der Waals surface area contributed by atoms with Gasteiger partial charge in [0.2, 0.25) is 5.78 Å².